The highest BCUT2D eigenvalue weighted by molar-refractivity contribution is 6.75. The maximum absolute atomic E-state index is 11.0. The first-order valence-electron chi connectivity index (χ1n) is 5.30. The van der Waals surface area contributed by atoms with Gasteiger partial charge in [0.15, 0.2) is 11.4 Å². The van der Waals surface area contributed by atoms with Crippen molar-refractivity contribution < 1.29 is 5.03 Å². The number of hydrogen-bond donors (Lipinski definition) is 0. The largest absolute Gasteiger partial charge is 0.264 e. The number of halogens is 5. The first-order chi connectivity index (χ1) is 8.63. The lowest BCUT2D eigenvalue weighted by Gasteiger charge is -2.37. The SMILES string of the molecule is CCCCN1N=CN([N+](=O)[O-])C1C(Cl)(Cl)C(Cl)(Cl)Cl. The van der Waals surface area contributed by atoms with Gasteiger partial charge < -0.3 is 0 Å². The van der Waals surface area contributed by atoms with E-state index >= 15 is 0 Å². The Morgan fingerprint density at radius 2 is 1.95 bits per heavy atom. The third-order valence-corrected chi connectivity index (χ3v) is 4.91. The second-order valence-electron chi connectivity index (χ2n) is 3.86. The molecule has 11 heteroatoms. The average molecular weight is 372 g/mol. The number of hydrazine groups is 1. The Bertz CT molecular complexity index is 373. The summed E-state index contributed by atoms with van der Waals surface area (Å²) in [7, 11) is 0. The first kappa shape index (κ1) is 17.2. The number of hydrogen-bond acceptors (Lipinski definition) is 4. The smallest absolute Gasteiger partial charge is 0.227 e. The van der Waals surface area contributed by atoms with Gasteiger partial charge in [-0.25, -0.2) is 10.1 Å². The summed E-state index contributed by atoms with van der Waals surface area (Å²) in [6, 6.07) is 0. The number of alkyl halides is 5. The van der Waals surface area contributed by atoms with E-state index < -0.39 is 19.3 Å². The quantitative estimate of drug-likeness (QED) is 0.421. The van der Waals surface area contributed by atoms with Crippen LogP contribution in [0.2, 0.25) is 0 Å². The molecule has 0 aromatic rings. The third kappa shape index (κ3) is 3.61. The minimum absolute atomic E-state index is 0.407. The summed E-state index contributed by atoms with van der Waals surface area (Å²) in [5, 5.41) is 16.1. The predicted octanol–water partition coefficient (Wildman–Crippen LogP) is 3.41. The molecule has 0 radical (unpaired) electrons. The zero-order valence-corrected chi connectivity index (χ0v) is 13.6. The molecule has 0 aromatic carbocycles. The van der Waals surface area contributed by atoms with E-state index in [9.17, 15) is 10.1 Å². The standard InChI is InChI=1S/C8H11Cl5N4O2/c1-2-3-4-15-6(7(9,10)8(11,12)13)16(5-14-15)17(18)19/h5-6H,2-4H2,1H3. The summed E-state index contributed by atoms with van der Waals surface area (Å²) in [5.74, 6) is 0. The highest BCUT2D eigenvalue weighted by Gasteiger charge is 2.60. The Kier molecular flexibility index (Phi) is 5.66. The molecule has 6 nitrogen and oxygen atoms in total. The van der Waals surface area contributed by atoms with Crippen LogP contribution in [-0.4, -0.2) is 42.2 Å². The lowest BCUT2D eigenvalue weighted by molar-refractivity contribution is -0.638. The molecule has 19 heavy (non-hydrogen) atoms. The van der Waals surface area contributed by atoms with Gasteiger partial charge in [-0.2, -0.15) is 5.10 Å². The predicted molar refractivity (Wildman–Crippen MR) is 77.5 cm³/mol. The van der Waals surface area contributed by atoms with E-state index in [1.807, 2.05) is 6.92 Å². The normalized spacial score (nSPS) is 20.2. The molecule has 1 unspecified atom stereocenters. The number of rotatable bonds is 5. The molecule has 0 spiro atoms. The fourth-order valence-electron chi connectivity index (χ4n) is 1.51. The van der Waals surface area contributed by atoms with Crippen LogP contribution in [0.4, 0.5) is 0 Å². The molecular formula is C8H11Cl5N4O2. The lowest BCUT2D eigenvalue weighted by Crippen LogP contribution is -2.58. The van der Waals surface area contributed by atoms with Crippen molar-refractivity contribution in [2.45, 2.75) is 34.1 Å². The van der Waals surface area contributed by atoms with Crippen molar-refractivity contribution in [3.8, 4) is 0 Å². The molecule has 0 amide bonds. The summed E-state index contributed by atoms with van der Waals surface area (Å²) < 4.78 is -4.15. The Morgan fingerprint density at radius 3 is 2.37 bits per heavy atom. The zero-order valence-electron chi connectivity index (χ0n) is 9.77. The molecule has 0 bridgehead atoms. The van der Waals surface area contributed by atoms with Crippen LogP contribution in [0.15, 0.2) is 5.10 Å². The monoisotopic (exact) mass is 370 g/mol. The van der Waals surface area contributed by atoms with Crippen LogP contribution in [0, 0.1) is 10.1 Å². The molecule has 0 aliphatic carbocycles. The Balaban J connectivity index is 3.04. The molecule has 1 aliphatic heterocycles. The van der Waals surface area contributed by atoms with E-state index in [-0.39, 0.29) is 0 Å². The number of unbranched alkanes of at least 4 members (excludes halogenated alkanes) is 1. The lowest BCUT2D eigenvalue weighted by atomic mass is 10.3. The van der Waals surface area contributed by atoms with Crippen LogP contribution in [0.1, 0.15) is 19.8 Å². The van der Waals surface area contributed by atoms with E-state index in [4.69, 9.17) is 58.0 Å². The van der Waals surface area contributed by atoms with Gasteiger partial charge in [0.1, 0.15) is 0 Å². The third-order valence-electron chi connectivity index (χ3n) is 2.48. The summed E-state index contributed by atoms with van der Waals surface area (Å²) in [6.45, 7) is 2.37. The molecule has 1 aliphatic rings. The van der Waals surface area contributed by atoms with Crippen LogP contribution in [0.3, 0.4) is 0 Å². The topological polar surface area (TPSA) is 62.0 Å². The summed E-state index contributed by atoms with van der Waals surface area (Å²) >= 11 is 29.2. The maximum atomic E-state index is 11.0. The van der Waals surface area contributed by atoms with Gasteiger partial charge in [0.25, 0.3) is 0 Å². The van der Waals surface area contributed by atoms with Gasteiger partial charge in [0.05, 0.1) is 0 Å². The Morgan fingerprint density at radius 1 is 1.37 bits per heavy atom. The van der Waals surface area contributed by atoms with Gasteiger partial charge in [0, 0.05) is 6.54 Å². The molecule has 0 aromatic heterocycles. The summed E-state index contributed by atoms with van der Waals surface area (Å²) in [6.07, 6.45) is 1.40. The molecule has 1 atom stereocenters. The minimum atomic E-state index is -2.12. The Hall–Kier alpha value is 0.120. The molecular weight excluding hydrogens is 361 g/mol. The van der Waals surface area contributed by atoms with Gasteiger partial charge in [-0.15, -0.1) is 0 Å². The highest BCUT2D eigenvalue weighted by Crippen LogP contribution is 2.50. The number of hydrazone groups is 1. The maximum Gasteiger partial charge on any atom is 0.227 e. The molecule has 0 saturated carbocycles. The van der Waals surface area contributed by atoms with Gasteiger partial charge in [-0.1, -0.05) is 76.4 Å². The van der Waals surface area contributed by atoms with Crippen molar-refractivity contribution in [2.75, 3.05) is 6.54 Å². The van der Waals surface area contributed by atoms with Crippen molar-refractivity contribution in [3.63, 3.8) is 0 Å². The van der Waals surface area contributed by atoms with Crippen LogP contribution >= 0.6 is 58.0 Å². The van der Waals surface area contributed by atoms with Crippen molar-refractivity contribution in [1.82, 2.24) is 10.0 Å². The van der Waals surface area contributed by atoms with Crippen LogP contribution < -0.4 is 0 Å². The molecule has 1 rings (SSSR count). The fraction of sp³-hybridized carbons (Fsp3) is 0.875. The van der Waals surface area contributed by atoms with Crippen LogP contribution in [0.5, 0.6) is 0 Å². The van der Waals surface area contributed by atoms with E-state index in [2.05, 4.69) is 5.10 Å². The highest BCUT2D eigenvalue weighted by atomic mass is 35.6. The molecule has 0 saturated heterocycles. The fourth-order valence-corrected chi connectivity index (χ4v) is 2.23. The van der Waals surface area contributed by atoms with E-state index in [0.29, 0.717) is 11.6 Å². The van der Waals surface area contributed by atoms with Gasteiger partial charge in [-0.3, -0.25) is 5.01 Å². The Labute approximate surface area is 135 Å². The van der Waals surface area contributed by atoms with E-state index in [1.54, 1.807) is 0 Å². The van der Waals surface area contributed by atoms with Gasteiger partial charge >= 0.3 is 0 Å². The average Bonchev–Trinajstić information content (AvgIpc) is 2.68. The van der Waals surface area contributed by atoms with Crippen LogP contribution in [0.25, 0.3) is 0 Å². The van der Waals surface area contributed by atoms with Crippen molar-refractivity contribution in [2.24, 2.45) is 5.10 Å². The molecule has 0 N–H and O–H groups in total. The van der Waals surface area contributed by atoms with Crippen molar-refractivity contribution >= 4 is 64.3 Å². The molecule has 0 fully saturated rings. The summed E-state index contributed by atoms with van der Waals surface area (Å²) in [5.41, 5.74) is 0. The van der Waals surface area contributed by atoms with Crippen molar-refractivity contribution in [3.05, 3.63) is 10.1 Å². The molecule has 110 valence electrons. The number of nitrogens with zero attached hydrogens (tertiary/aromatic N) is 4. The number of nitro groups is 1. The molecule has 1 heterocycles. The van der Waals surface area contributed by atoms with Gasteiger partial charge in [0.2, 0.25) is 14.3 Å². The van der Waals surface area contributed by atoms with E-state index in [1.165, 1.54) is 5.01 Å². The van der Waals surface area contributed by atoms with Crippen molar-refractivity contribution in [1.29, 1.82) is 0 Å². The van der Waals surface area contributed by atoms with E-state index in [0.717, 1.165) is 19.2 Å². The second kappa shape index (κ2) is 6.26. The zero-order chi connectivity index (χ0) is 14.8. The second-order valence-corrected chi connectivity index (χ2v) is 7.53. The van der Waals surface area contributed by atoms with Gasteiger partial charge in [-0.05, 0) is 6.42 Å². The van der Waals surface area contributed by atoms with Crippen LogP contribution in [-0.2, 0) is 0 Å². The minimum Gasteiger partial charge on any atom is -0.264 e. The summed E-state index contributed by atoms with van der Waals surface area (Å²) in [4.78, 5) is 11.0. The first-order valence-corrected chi connectivity index (χ1v) is 7.19.